The Bertz CT molecular complexity index is 1140. The lowest BCUT2D eigenvalue weighted by atomic mass is 9.93. The number of thiocarbonyl (C=S) groups is 1. The largest absolute Gasteiger partial charge is 0.497 e. The molecule has 0 spiro atoms. The van der Waals surface area contributed by atoms with E-state index in [0.29, 0.717) is 0 Å². The zero-order valence-corrected chi connectivity index (χ0v) is 17.3. The summed E-state index contributed by atoms with van der Waals surface area (Å²) in [6.07, 6.45) is 2.02. The summed E-state index contributed by atoms with van der Waals surface area (Å²) >= 11 is 7.39. The highest BCUT2D eigenvalue weighted by Gasteiger charge is 2.20. The third-order valence-corrected chi connectivity index (χ3v) is 5.99. The second-order valence-corrected chi connectivity index (χ2v) is 7.80. The lowest BCUT2D eigenvalue weighted by molar-refractivity contribution is 0.415. The van der Waals surface area contributed by atoms with Gasteiger partial charge in [0.1, 0.15) is 5.75 Å². The number of nitrogens with zero attached hydrogens (tertiary/aromatic N) is 1. The van der Waals surface area contributed by atoms with Crippen LogP contribution < -0.4 is 4.74 Å². The Labute approximate surface area is 174 Å². The summed E-state index contributed by atoms with van der Waals surface area (Å²) in [5, 5.41) is 1.11. The number of ether oxygens (including phenoxy) is 1. The Morgan fingerprint density at radius 1 is 0.857 bits per heavy atom. The number of thioether (sulfide) groups is 1. The molecule has 138 valence electrons. The quantitative estimate of drug-likeness (QED) is 0.358. The number of fused-ring (bicyclic) bond motifs is 1. The van der Waals surface area contributed by atoms with Gasteiger partial charge in [0.25, 0.3) is 0 Å². The molecule has 0 atom stereocenters. The van der Waals surface area contributed by atoms with Crippen LogP contribution in [0.25, 0.3) is 33.3 Å². The zero-order valence-electron chi connectivity index (χ0n) is 15.7. The molecule has 0 bridgehead atoms. The van der Waals surface area contributed by atoms with Crippen LogP contribution in [0.4, 0.5) is 0 Å². The first-order chi connectivity index (χ1) is 13.7. The topological polar surface area (TPSA) is 22.1 Å². The van der Waals surface area contributed by atoms with Crippen LogP contribution in [0, 0.1) is 0 Å². The van der Waals surface area contributed by atoms with Gasteiger partial charge in [-0.15, -0.1) is 11.8 Å². The van der Waals surface area contributed by atoms with Gasteiger partial charge in [0.05, 0.1) is 22.5 Å². The molecule has 0 amide bonds. The van der Waals surface area contributed by atoms with E-state index < -0.39 is 0 Å². The SMILES string of the molecule is COc1ccc(-c2nc3ccccc3c(-c3ccccc3)c2C(=S)SC)cc1. The molecule has 4 heteroatoms. The third kappa shape index (κ3) is 3.41. The maximum absolute atomic E-state index is 5.81. The van der Waals surface area contributed by atoms with Crippen molar-refractivity contribution in [2.75, 3.05) is 13.4 Å². The number of pyridine rings is 1. The normalized spacial score (nSPS) is 10.8. The molecule has 0 aliphatic rings. The molecule has 2 nitrogen and oxygen atoms in total. The number of para-hydroxylation sites is 1. The predicted molar refractivity (Wildman–Crippen MR) is 124 cm³/mol. The van der Waals surface area contributed by atoms with Crippen LogP contribution in [0.15, 0.2) is 78.9 Å². The molecule has 4 rings (SSSR count). The molecule has 0 unspecified atom stereocenters. The summed E-state index contributed by atoms with van der Waals surface area (Å²) in [4.78, 5) is 5.01. The minimum atomic E-state index is 0.821. The molecule has 0 aliphatic carbocycles. The van der Waals surface area contributed by atoms with E-state index >= 15 is 0 Å². The average molecular weight is 402 g/mol. The molecule has 0 aliphatic heterocycles. The number of aromatic nitrogens is 1. The van der Waals surface area contributed by atoms with Crippen molar-refractivity contribution >= 4 is 39.1 Å². The summed E-state index contributed by atoms with van der Waals surface area (Å²) in [7, 11) is 1.67. The maximum atomic E-state index is 5.81. The first-order valence-corrected chi connectivity index (χ1v) is 10.6. The fraction of sp³-hybridized carbons (Fsp3) is 0.0833. The van der Waals surface area contributed by atoms with Crippen molar-refractivity contribution in [2.24, 2.45) is 0 Å². The van der Waals surface area contributed by atoms with Gasteiger partial charge >= 0.3 is 0 Å². The number of hydrogen-bond acceptors (Lipinski definition) is 4. The van der Waals surface area contributed by atoms with Crippen molar-refractivity contribution in [3.63, 3.8) is 0 Å². The highest BCUT2D eigenvalue weighted by Crippen LogP contribution is 2.39. The summed E-state index contributed by atoms with van der Waals surface area (Å²) in [5.74, 6) is 0.821. The first-order valence-electron chi connectivity index (χ1n) is 8.94. The van der Waals surface area contributed by atoms with Gasteiger partial charge in [-0.2, -0.15) is 0 Å². The third-order valence-electron chi connectivity index (χ3n) is 4.71. The van der Waals surface area contributed by atoms with Crippen molar-refractivity contribution in [1.29, 1.82) is 0 Å². The van der Waals surface area contributed by atoms with Crippen molar-refractivity contribution in [2.45, 2.75) is 0 Å². The molecule has 0 saturated carbocycles. The van der Waals surface area contributed by atoms with Crippen molar-refractivity contribution < 1.29 is 4.74 Å². The minimum absolute atomic E-state index is 0.821. The molecule has 0 radical (unpaired) electrons. The van der Waals surface area contributed by atoms with E-state index in [-0.39, 0.29) is 0 Å². The van der Waals surface area contributed by atoms with Crippen molar-refractivity contribution in [1.82, 2.24) is 4.98 Å². The lowest BCUT2D eigenvalue weighted by Gasteiger charge is -2.18. The van der Waals surface area contributed by atoms with E-state index in [1.54, 1.807) is 18.9 Å². The molecule has 3 aromatic carbocycles. The number of rotatable bonds is 4. The highest BCUT2D eigenvalue weighted by atomic mass is 32.2. The molecule has 0 saturated heterocycles. The van der Waals surface area contributed by atoms with Crippen molar-refractivity contribution in [3.05, 3.63) is 84.4 Å². The number of methoxy groups -OCH3 is 1. The molecular formula is C24H19NOS2. The van der Waals surface area contributed by atoms with Crippen molar-refractivity contribution in [3.8, 4) is 28.1 Å². The first kappa shape index (κ1) is 18.7. The predicted octanol–water partition coefficient (Wildman–Crippen LogP) is 6.62. The zero-order chi connectivity index (χ0) is 19.5. The molecular weight excluding hydrogens is 382 g/mol. The lowest BCUT2D eigenvalue weighted by Crippen LogP contribution is -2.03. The van der Waals surface area contributed by atoms with E-state index in [0.717, 1.165) is 48.8 Å². The van der Waals surface area contributed by atoms with Crippen LogP contribution in [-0.2, 0) is 0 Å². The molecule has 4 aromatic rings. The van der Waals surface area contributed by atoms with Gasteiger partial charge in [0, 0.05) is 22.1 Å². The standard InChI is InChI=1S/C24H19NOS2/c1-26-18-14-12-17(13-15-18)23-22(24(27)28-2)21(16-8-4-3-5-9-16)19-10-6-7-11-20(19)25-23/h3-15H,1-2H3. The molecule has 28 heavy (non-hydrogen) atoms. The summed E-state index contributed by atoms with van der Waals surface area (Å²) < 4.78 is 6.15. The second-order valence-electron chi connectivity index (χ2n) is 6.31. The Hall–Kier alpha value is -2.69. The maximum Gasteiger partial charge on any atom is 0.118 e. The van der Waals surface area contributed by atoms with Gasteiger partial charge in [-0.1, -0.05) is 60.7 Å². The minimum Gasteiger partial charge on any atom is -0.497 e. The Morgan fingerprint density at radius 2 is 1.54 bits per heavy atom. The van der Waals surface area contributed by atoms with Gasteiger partial charge in [0.15, 0.2) is 0 Å². The van der Waals surface area contributed by atoms with E-state index in [4.69, 9.17) is 21.9 Å². The van der Waals surface area contributed by atoms with E-state index in [1.165, 1.54) is 0 Å². The summed E-state index contributed by atoms with van der Waals surface area (Å²) in [5.41, 5.74) is 6.17. The number of hydrogen-bond donors (Lipinski definition) is 0. The van der Waals surface area contributed by atoms with Gasteiger partial charge in [-0.3, -0.25) is 0 Å². The second kappa shape index (κ2) is 8.13. The Morgan fingerprint density at radius 3 is 2.21 bits per heavy atom. The van der Waals surface area contributed by atoms with E-state index in [1.807, 2.05) is 42.7 Å². The summed E-state index contributed by atoms with van der Waals surface area (Å²) in [6, 6.07) is 26.7. The smallest absolute Gasteiger partial charge is 0.118 e. The fourth-order valence-electron chi connectivity index (χ4n) is 3.38. The summed E-state index contributed by atoms with van der Waals surface area (Å²) in [6.45, 7) is 0. The molecule has 0 N–H and O–H groups in total. The van der Waals surface area contributed by atoms with E-state index in [2.05, 4.69) is 42.5 Å². The monoisotopic (exact) mass is 401 g/mol. The van der Waals surface area contributed by atoms with Crippen LogP contribution in [0.3, 0.4) is 0 Å². The molecule has 0 fully saturated rings. The molecule has 1 aromatic heterocycles. The van der Waals surface area contributed by atoms with Gasteiger partial charge in [0.2, 0.25) is 0 Å². The Balaban J connectivity index is 2.10. The fourth-order valence-corrected chi connectivity index (χ4v) is 3.98. The van der Waals surface area contributed by atoms with Crippen LogP contribution in [-0.4, -0.2) is 22.5 Å². The average Bonchev–Trinajstić information content (AvgIpc) is 2.78. The van der Waals surface area contributed by atoms with E-state index in [9.17, 15) is 0 Å². The van der Waals surface area contributed by atoms with Crippen LogP contribution in [0.5, 0.6) is 5.75 Å². The highest BCUT2D eigenvalue weighted by molar-refractivity contribution is 8.23. The van der Waals surface area contributed by atoms with Crippen LogP contribution in [0.1, 0.15) is 5.56 Å². The van der Waals surface area contributed by atoms with Gasteiger partial charge in [-0.05, 0) is 42.2 Å². The Kier molecular flexibility index (Phi) is 5.42. The van der Waals surface area contributed by atoms with Crippen LogP contribution >= 0.6 is 24.0 Å². The number of benzene rings is 3. The van der Waals surface area contributed by atoms with Gasteiger partial charge in [-0.25, -0.2) is 4.98 Å². The van der Waals surface area contributed by atoms with Gasteiger partial charge < -0.3 is 4.74 Å². The van der Waals surface area contributed by atoms with Crippen LogP contribution in [0.2, 0.25) is 0 Å². The molecule has 1 heterocycles.